The molecule has 0 spiro atoms. The highest BCUT2D eigenvalue weighted by Gasteiger charge is 2.40. The fraction of sp³-hybridized carbons (Fsp3) is 1.00. The molecular weight excluding hydrogens is 327 g/mol. The zero-order valence-corrected chi connectivity index (χ0v) is 13.2. The summed E-state index contributed by atoms with van der Waals surface area (Å²) in [5, 5.41) is 0. The third-order valence-corrected chi connectivity index (χ3v) is 7.98. The van der Waals surface area contributed by atoms with E-state index in [0.29, 0.717) is 6.04 Å². The van der Waals surface area contributed by atoms with Crippen molar-refractivity contribution in [2.24, 2.45) is 0 Å². The summed E-state index contributed by atoms with van der Waals surface area (Å²) in [7, 11) is -11.3. The molecule has 0 fully saturated rings. The largest absolute Gasteiger partial charge is 0.480 e. The fourth-order valence-corrected chi connectivity index (χ4v) is 4.84. The van der Waals surface area contributed by atoms with Crippen molar-refractivity contribution in [2.45, 2.75) is 31.1 Å². The SMILES string of the molecule is CO[Si](C)(C)CCCS(=O)(=O)[N-]S(=O)(=O)C(F)(F)F. The maximum Gasteiger partial charge on any atom is 0.480 e. The van der Waals surface area contributed by atoms with E-state index in [4.69, 9.17) is 4.43 Å². The van der Waals surface area contributed by atoms with Crippen LogP contribution in [0.2, 0.25) is 19.1 Å². The zero-order valence-electron chi connectivity index (χ0n) is 10.6. The molecule has 0 N–H and O–H groups in total. The van der Waals surface area contributed by atoms with Crippen molar-refractivity contribution in [3.05, 3.63) is 4.13 Å². The molecule has 12 heteroatoms. The second-order valence-corrected chi connectivity index (χ2v) is 12.4. The highest BCUT2D eigenvalue weighted by atomic mass is 32.3. The number of halogens is 3. The maximum atomic E-state index is 12.0. The van der Waals surface area contributed by atoms with Crippen LogP contribution in [0.4, 0.5) is 13.2 Å². The molecule has 0 aliphatic rings. The normalized spacial score (nSPS) is 14.6. The number of alkyl halides is 3. The molecule has 0 saturated heterocycles. The van der Waals surface area contributed by atoms with Crippen molar-refractivity contribution >= 4 is 28.4 Å². The van der Waals surface area contributed by atoms with Gasteiger partial charge in [-0.3, -0.25) is 0 Å². The minimum absolute atomic E-state index is 0.00767. The Hall–Kier alpha value is -0.173. The van der Waals surface area contributed by atoms with Gasteiger partial charge in [0.2, 0.25) is 0 Å². The van der Waals surface area contributed by atoms with Gasteiger partial charge >= 0.3 is 5.51 Å². The highest BCUT2D eigenvalue weighted by Crippen LogP contribution is 2.30. The van der Waals surface area contributed by atoms with Gasteiger partial charge in [0.05, 0.1) is 10.0 Å². The molecule has 6 nitrogen and oxygen atoms in total. The van der Waals surface area contributed by atoms with Gasteiger partial charge < -0.3 is 8.55 Å². The maximum absolute atomic E-state index is 12.0. The average Bonchev–Trinajstić information content (AvgIpc) is 2.13. The molecule has 0 aliphatic heterocycles. The van der Waals surface area contributed by atoms with Gasteiger partial charge in [-0.1, -0.05) is 0 Å². The van der Waals surface area contributed by atoms with Crippen LogP contribution in [0.1, 0.15) is 6.42 Å². The van der Waals surface area contributed by atoms with Crippen molar-refractivity contribution in [1.82, 2.24) is 0 Å². The van der Waals surface area contributed by atoms with Crippen LogP contribution in [0.15, 0.2) is 0 Å². The molecule has 0 heterocycles. The number of hydrogen-bond acceptors (Lipinski definition) is 5. The summed E-state index contributed by atoms with van der Waals surface area (Å²) in [6.45, 7) is 3.59. The summed E-state index contributed by atoms with van der Waals surface area (Å²) in [4.78, 5) is 0. The fourth-order valence-electron chi connectivity index (χ4n) is 1.01. The molecule has 0 aromatic rings. The average molecular weight is 342 g/mol. The van der Waals surface area contributed by atoms with E-state index in [1.807, 2.05) is 4.13 Å². The Labute approximate surface area is 111 Å². The zero-order chi connectivity index (χ0) is 15.5. The molecular formula is C7H15F3NO5S2Si-. The molecule has 0 atom stereocenters. The lowest BCUT2D eigenvalue weighted by Crippen LogP contribution is -2.29. The van der Waals surface area contributed by atoms with Crippen molar-refractivity contribution in [2.75, 3.05) is 12.9 Å². The minimum Gasteiger partial charge on any atom is -0.428 e. The van der Waals surface area contributed by atoms with Gasteiger partial charge in [-0.2, -0.15) is 13.2 Å². The number of rotatable bonds is 7. The Morgan fingerprint density at radius 1 is 1.16 bits per heavy atom. The van der Waals surface area contributed by atoms with Crippen LogP contribution in [0.25, 0.3) is 4.13 Å². The molecule has 0 aliphatic carbocycles. The van der Waals surface area contributed by atoms with E-state index in [-0.39, 0.29) is 6.42 Å². The Kier molecular flexibility index (Phi) is 6.02. The van der Waals surface area contributed by atoms with Crippen molar-refractivity contribution in [1.29, 1.82) is 0 Å². The number of sulfonamides is 2. The van der Waals surface area contributed by atoms with Gasteiger partial charge in [-0.15, -0.1) is 0 Å². The highest BCUT2D eigenvalue weighted by molar-refractivity contribution is 8.12. The van der Waals surface area contributed by atoms with Gasteiger partial charge in [0.25, 0.3) is 0 Å². The lowest BCUT2D eigenvalue weighted by Gasteiger charge is -2.23. The summed E-state index contributed by atoms with van der Waals surface area (Å²) in [5.74, 6) is -0.762. The summed E-state index contributed by atoms with van der Waals surface area (Å²) >= 11 is 0. The van der Waals surface area contributed by atoms with Crippen molar-refractivity contribution in [3.8, 4) is 0 Å². The Bertz CT molecular complexity index is 499. The smallest absolute Gasteiger partial charge is 0.428 e. The molecule has 19 heavy (non-hydrogen) atoms. The Balaban J connectivity index is 4.61. The van der Waals surface area contributed by atoms with Crippen LogP contribution < -0.4 is 0 Å². The molecule has 0 bridgehead atoms. The molecule has 116 valence electrons. The van der Waals surface area contributed by atoms with Crippen molar-refractivity contribution in [3.63, 3.8) is 0 Å². The first-order chi connectivity index (χ1) is 8.22. The Morgan fingerprint density at radius 2 is 1.63 bits per heavy atom. The lowest BCUT2D eigenvalue weighted by atomic mass is 10.6. The van der Waals surface area contributed by atoms with Gasteiger partial charge in [-0.25, -0.2) is 16.8 Å². The summed E-state index contributed by atoms with van der Waals surface area (Å²) < 4.78 is 86.6. The Morgan fingerprint density at radius 3 is 2.00 bits per heavy atom. The van der Waals surface area contributed by atoms with E-state index in [0.717, 1.165) is 0 Å². The summed E-state index contributed by atoms with van der Waals surface area (Å²) in [6.07, 6.45) is -0.00767. The van der Waals surface area contributed by atoms with Gasteiger partial charge in [0.1, 0.15) is 0 Å². The number of nitrogens with zero attached hydrogens (tertiary/aromatic N) is 1. The third kappa shape index (κ3) is 6.69. The molecule has 0 aromatic heterocycles. The van der Waals surface area contributed by atoms with Crippen molar-refractivity contribution < 1.29 is 34.4 Å². The van der Waals surface area contributed by atoms with E-state index in [9.17, 15) is 30.0 Å². The van der Waals surface area contributed by atoms with Crippen LogP contribution in [0.5, 0.6) is 0 Å². The predicted octanol–water partition coefficient (Wildman–Crippen LogP) is 1.78. The molecule has 0 saturated carbocycles. The second kappa shape index (κ2) is 6.07. The first-order valence-corrected chi connectivity index (χ1v) is 11.2. The van der Waals surface area contributed by atoms with E-state index >= 15 is 0 Å². The van der Waals surface area contributed by atoms with Gasteiger partial charge in [-0.05, 0) is 25.6 Å². The molecule has 0 radical (unpaired) electrons. The second-order valence-electron chi connectivity index (χ2n) is 4.35. The van der Waals surface area contributed by atoms with Crippen LogP contribution >= 0.6 is 0 Å². The third-order valence-electron chi connectivity index (χ3n) is 2.24. The lowest BCUT2D eigenvalue weighted by molar-refractivity contribution is -0.0425. The van der Waals surface area contributed by atoms with E-state index in [1.165, 1.54) is 7.11 Å². The van der Waals surface area contributed by atoms with Gasteiger partial charge in [0.15, 0.2) is 18.3 Å². The summed E-state index contributed by atoms with van der Waals surface area (Å²) in [5.41, 5.74) is -5.71. The first kappa shape index (κ1) is 18.8. The van der Waals surface area contributed by atoms with Crippen LogP contribution in [-0.2, 0) is 24.5 Å². The topological polar surface area (TPSA) is 91.6 Å². The molecule has 0 unspecified atom stereocenters. The van der Waals surface area contributed by atoms with Crippen LogP contribution in [0.3, 0.4) is 0 Å². The number of hydrogen-bond donors (Lipinski definition) is 0. The predicted molar refractivity (Wildman–Crippen MR) is 66.0 cm³/mol. The molecule has 0 amide bonds. The minimum atomic E-state index is -6.01. The van der Waals surface area contributed by atoms with E-state index in [2.05, 4.69) is 0 Å². The molecule has 0 aromatic carbocycles. The summed E-state index contributed by atoms with van der Waals surface area (Å²) in [6, 6.07) is 0.365. The standard InChI is InChI=1S/C7H15F3NO5S2Si/c1-16-19(2,3)6-4-5-17(12,13)11-18(14,15)7(8,9)10/h4-6H2,1-3H3/q-1. The first-order valence-electron chi connectivity index (χ1n) is 5.06. The quantitative estimate of drug-likeness (QED) is 0.658. The van der Waals surface area contributed by atoms with E-state index < -0.39 is 39.6 Å². The molecule has 0 rings (SSSR count). The van der Waals surface area contributed by atoms with Crippen LogP contribution in [-0.4, -0.2) is 43.5 Å². The van der Waals surface area contributed by atoms with Gasteiger partial charge in [0, 0.05) is 12.9 Å². The monoisotopic (exact) mass is 342 g/mol. The van der Waals surface area contributed by atoms with Crippen LogP contribution in [0, 0.1) is 0 Å². The van der Waals surface area contributed by atoms with E-state index in [1.54, 1.807) is 13.1 Å².